The van der Waals surface area contributed by atoms with Crippen molar-refractivity contribution in [3.05, 3.63) is 0 Å². The van der Waals surface area contributed by atoms with E-state index in [1.54, 1.807) is 0 Å². The summed E-state index contributed by atoms with van der Waals surface area (Å²) in [4.78, 5) is 2.52. The summed E-state index contributed by atoms with van der Waals surface area (Å²) in [5.74, 6) is 0. The molecule has 2 unspecified atom stereocenters. The van der Waals surface area contributed by atoms with Crippen molar-refractivity contribution in [3.63, 3.8) is 0 Å². The maximum absolute atomic E-state index is 9.68. The van der Waals surface area contributed by atoms with E-state index in [1.165, 1.54) is 12.8 Å². The van der Waals surface area contributed by atoms with E-state index in [9.17, 15) is 5.11 Å². The van der Waals surface area contributed by atoms with Gasteiger partial charge in [-0.15, -0.1) is 0 Å². The zero-order valence-corrected chi connectivity index (χ0v) is 9.85. The second kappa shape index (κ2) is 4.81. The lowest BCUT2D eigenvalue weighted by Crippen LogP contribution is -2.51. The summed E-state index contributed by atoms with van der Waals surface area (Å²) in [7, 11) is 0. The molecule has 15 heavy (non-hydrogen) atoms. The molecular weight excluding hydrogens is 190 g/mol. The summed E-state index contributed by atoms with van der Waals surface area (Å²) in [5, 5.41) is 9.68. The van der Waals surface area contributed by atoms with Crippen LogP contribution in [0.4, 0.5) is 0 Å². The Balaban J connectivity index is 1.91. The molecule has 88 valence electrons. The zero-order chi connectivity index (χ0) is 10.8. The topological polar surface area (TPSA) is 32.7 Å². The van der Waals surface area contributed by atoms with Crippen LogP contribution in [0.5, 0.6) is 0 Å². The number of rotatable bonds is 1. The van der Waals surface area contributed by atoms with Crippen molar-refractivity contribution < 1.29 is 9.84 Å². The third-order valence-electron chi connectivity index (χ3n) is 3.58. The molecule has 0 amide bonds. The van der Waals surface area contributed by atoms with Gasteiger partial charge in [0.1, 0.15) is 0 Å². The lowest BCUT2D eigenvalue weighted by atomic mass is 9.91. The van der Waals surface area contributed by atoms with Gasteiger partial charge in [-0.2, -0.15) is 0 Å². The number of aliphatic hydroxyl groups is 1. The van der Waals surface area contributed by atoms with Crippen LogP contribution >= 0.6 is 0 Å². The number of hydrogen-bond acceptors (Lipinski definition) is 3. The van der Waals surface area contributed by atoms with Crippen LogP contribution in [0, 0.1) is 0 Å². The van der Waals surface area contributed by atoms with Gasteiger partial charge in [-0.25, -0.2) is 0 Å². The van der Waals surface area contributed by atoms with Gasteiger partial charge >= 0.3 is 0 Å². The van der Waals surface area contributed by atoms with Crippen molar-refractivity contribution in [2.75, 3.05) is 13.1 Å². The molecule has 2 aliphatic rings. The first-order valence-electron chi connectivity index (χ1n) is 6.22. The molecule has 0 aromatic heterocycles. The summed E-state index contributed by atoms with van der Waals surface area (Å²) in [6.45, 7) is 6.34. The Bertz CT molecular complexity index is 200. The Hall–Kier alpha value is -0.120. The Morgan fingerprint density at radius 3 is 2.40 bits per heavy atom. The molecule has 0 bridgehead atoms. The molecule has 2 fully saturated rings. The van der Waals surface area contributed by atoms with Crippen LogP contribution in [0.1, 0.15) is 39.5 Å². The molecular formula is C12H23NO2. The van der Waals surface area contributed by atoms with Crippen LogP contribution in [0.3, 0.4) is 0 Å². The highest BCUT2D eigenvalue weighted by atomic mass is 16.5. The Labute approximate surface area is 92.4 Å². The van der Waals surface area contributed by atoms with Gasteiger partial charge in [0.05, 0.1) is 18.3 Å². The molecule has 2 rings (SSSR count). The van der Waals surface area contributed by atoms with Gasteiger partial charge in [0, 0.05) is 19.1 Å². The monoisotopic (exact) mass is 213 g/mol. The van der Waals surface area contributed by atoms with Gasteiger partial charge in [-0.3, -0.25) is 4.90 Å². The number of nitrogens with zero attached hydrogens (tertiary/aromatic N) is 1. The summed E-state index contributed by atoms with van der Waals surface area (Å²) in [6, 6.07) is 0.586. The minimum absolute atomic E-state index is 0.0720. The van der Waals surface area contributed by atoms with Crippen LogP contribution < -0.4 is 0 Å². The van der Waals surface area contributed by atoms with E-state index >= 15 is 0 Å². The Morgan fingerprint density at radius 2 is 1.80 bits per heavy atom. The average Bonchev–Trinajstić information content (AvgIpc) is 2.16. The second-order valence-electron chi connectivity index (χ2n) is 5.19. The molecule has 1 saturated carbocycles. The van der Waals surface area contributed by atoms with Crippen molar-refractivity contribution in [2.24, 2.45) is 0 Å². The third kappa shape index (κ3) is 2.92. The van der Waals surface area contributed by atoms with Gasteiger partial charge in [-0.05, 0) is 39.5 Å². The van der Waals surface area contributed by atoms with Crippen LogP contribution in [-0.2, 0) is 4.74 Å². The van der Waals surface area contributed by atoms with Crippen molar-refractivity contribution in [2.45, 2.75) is 63.9 Å². The molecule has 0 aromatic carbocycles. The van der Waals surface area contributed by atoms with Crippen molar-refractivity contribution in [1.82, 2.24) is 4.90 Å². The normalized spacial score (nSPS) is 44.2. The third-order valence-corrected chi connectivity index (χ3v) is 3.58. The summed E-state index contributed by atoms with van der Waals surface area (Å²) < 4.78 is 5.73. The Morgan fingerprint density at radius 1 is 1.13 bits per heavy atom. The number of aliphatic hydroxyl groups excluding tert-OH is 1. The van der Waals surface area contributed by atoms with Crippen molar-refractivity contribution >= 4 is 0 Å². The number of morpholine rings is 1. The first-order chi connectivity index (χ1) is 7.15. The number of ether oxygens (including phenoxy) is 1. The average molecular weight is 213 g/mol. The molecule has 4 atom stereocenters. The van der Waals surface area contributed by atoms with E-state index < -0.39 is 0 Å². The molecule has 3 nitrogen and oxygen atoms in total. The van der Waals surface area contributed by atoms with Crippen LogP contribution in [0.15, 0.2) is 0 Å². The van der Waals surface area contributed by atoms with Crippen molar-refractivity contribution in [3.8, 4) is 0 Å². The molecule has 1 aliphatic heterocycles. The molecule has 0 aromatic rings. The Kier molecular flexibility index (Phi) is 3.65. The first-order valence-corrected chi connectivity index (χ1v) is 6.22. The second-order valence-corrected chi connectivity index (χ2v) is 5.19. The summed E-state index contributed by atoms with van der Waals surface area (Å²) in [5.41, 5.74) is 0. The van der Waals surface area contributed by atoms with Gasteiger partial charge in [0.15, 0.2) is 0 Å². The van der Waals surface area contributed by atoms with E-state index in [-0.39, 0.29) is 6.10 Å². The van der Waals surface area contributed by atoms with Crippen LogP contribution in [-0.4, -0.2) is 47.4 Å². The smallest absolute Gasteiger partial charge is 0.0678 e. The highest BCUT2D eigenvalue weighted by molar-refractivity contribution is 4.84. The van der Waals surface area contributed by atoms with Gasteiger partial charge in [-0.1, -0.05) is 0 Å². The maximum atomic E-state index is 9.68. The lowest BCUT2D eigenvalue weighted by molar-refractivity contribution is -0.0896. The van der Waals surface area contributed by atoms with E-state index in [4.69, 9.17) is 4.74 Å². The van der Waals surface area contributed by atoms with E-state index in [0.29, 0.717) is 18.2 Å². The fraction of sp³-hybridized carbons (Fsp3) is 1.00. The molecule has 1 heterocycles. The standard InChI is InChI=1S/C12H23NO2/c1-9-7-13(8-10(2)15-9)11-4-3-5-12(14)6-11/h9-12,14H,3-8H2,1-2H3/t9-,10+,11?,12?. The fourth-order valence-electron chi connectivity index (χ4n) is 2.99. The van der Waals surface area contributed by atoms with Crippen LogP contribution in [0.2, 0.25) is 0 Å². The van der Waals surface area contributed by atoms with E-state index in [0.717, 1.165) is 25.9 Å². The maximum Gasteiger partial charge on any atom is 0.0678 e. The van der Waals surface area contributed by atoms with Crippen LogP contribution in [0.25, 0.3) is 0 Å². The SMILES string of the molecule is C[C@@H]1CN(C2CCCC(O)C2)C[C@H](C)O1. The van der Waals surface area contributed by atoms with Crippen molar-refractivity contribution in [1.29, 1.82) is 0 Å². The van der Waals surface area contributed by atoms with Gasteiger partial charge < -0.3 is 9.84 Å². The minimum atomic E-state index is -0.0720. The van der Waals surface area contributed by atoms with Gasteiger partial charge in [0.2, 0.25) is 0 Å². The highest BCUT2D eigenvalue weighted by Crippen LogP contribution is 2.25. The highest BCUT2D eigenvalue weighted by Gasteiger charge is 2.30. The molecule has 1 aliphatic carbocycles. The molecule has 1 N–H and O–H groups in total. The fourth-order valence-corrected chi connectivity index (χ4v) is 2.99. The van der Waals surface area contributed by atoms with E-state index in [2.05, 4.69) is 18.7 Å². The molecule has 0 spiro atoms. The first kappa shape index (κ1) is 11.4. The summed E-state index contributed by atoms with van der Waals surface area (Å²) >= 11 is 0. The predicted molar refractivity (Wildman–Crippen MR) is 59.8 cm³/mol. The molecule has 0 radical (unpaired) electrons. The summed E-state index contributed by atoms with van der Waals surface area (Å²) in [6.07, 6.45) is 4.98. The number of hydrogen-bond donors (Lipinski definition) is 1. The minimum Gasteiger partial charge on any atom is -0.393 e. The lowest BCUT2D eigenvalue weighted by Gasteiger charge is -2.42. The molecule has 3 heteroatoms. The van der Waals surface area contributed by atoms with E-state index in [1.807, 2.05) is 0 Å². The largest absolute Gasteiger partial charge is 0.393 e. The zero-order valence-electron chi connectivity index (χ0n) is 9.85. The van der Waals surface area contributed by atoms with Gasteiger partial charge in [0.25, 0.3) is 0 Å². The predicted octanol–water partition coefficient (Wildman–Crippen LogP) is 1.40. The quantitative estimate of drug-likeness (QED) is 0.714. The molecule has 1 saturated heterocycles.